The molecule has 2 aromatic rings. The second-order valence-corrected chi connectivity index (χ2v) is 7.61. The summed E-state index contributed by atoms with van der Waals surface area (Å²) < 4.78 is 5.46. The van der Waals surface area contributed by atoms with Crippen LogP contribution >= 0.6 is 0 Å². The van der Waals surface area contributed by atoms with E-state index in [1.54, 1.807) is 6.07 Å². The van der Waals surface area contributed by atoms with Crippen molar-refractivity contribution in [1.82, 2.24) is 9.88 Å². The SMILES string of the molecule is CCC1(c2cccc(OC(=O)Nc3ccc(C(=O)O)cn3)c2)CCCCN(C)C1. The topological polar surface area (TPSA) is 91.8 Å². The highest BCUT2D eigenvalue weighted by molar-refractivity contribution is 5.88. The Kier molecular flexibility index (Phi) is 6.49. The van der Waals surface area contributed by atoms with Gasteiger partial charge in [-0.3, -0.25) is 5.32 Å². The lowest BCUT2D eigenvalue weighted by molar-refractivity contribution is 0.0696. The number of amides is 1. The van der Waals surface area contributed by atoms with Crippen molar-refractivity contribution in [3.63, 3.8) is 0 Å². The molecule has 0 bridgehead atoms. The second-order valence-electron chi connectivity index (χ2n) is 7.61. The fraction of sp³-hybridized carbons (Fsp3) is 0.409. The van der Waals surface area contributed by atoms with E-state index >= 15 is 0 Å². The Bertz CT molecular complexity index is 869. The standard InChI is InChI=1S/C22H27N3O4/c1-3-22(11-4-5-12-25(2)15-22)17-7-6-8-18(13-17)29-21(28)24-19-10-9-16(14-23-19)20(26)27/h6-10,13-14H,3-5,11-12,15H2,1-2H3,(H,26,27)(H,23,24,28). The van der Waals surface area contributed by atoms with Gasteiger partial charge in [0.25, 0.3) is 0 Å². The molecule has 1 aliphatic heterocycles. The molecule has 0 spiro atoms. The Hall–Kier alpha value is -2.93. The Morgan fingerprint density at radius 1 is 1.28 bits per heavy atom. The maximum Gasteiger partial charge on any atom is 0.418 e. The fourth-order valence-electron chi connectivity index (χ4n) is 3.97. The van der Waals surface area contributed by atoms with Crippen LogP contribution in [0.2, 0.25) is 0 Å². The van der Waals surface area contributed by atoms with Crippen LogP contribution in [0, 0.1) is 0 Å². The number of hydrogen-bond acceptors (Lipinski definition) is 5. The molecule has 29 heavy (non-hydrogen) atoms. The van der Waals surface area contributed by atoms with Crippen LogP contribution < -0.4 is 10.1 Å². The number of benzene rings is 1. The van der Waals surface area contributed by atoms with Crippen molar-refractivity contribution in [2.45, 2.75) is 38.0 Å². The summed E-state index contributed by atoms with van der Waals surface area (Å²) >= 11 is 0. The molecule has 1 saturated heterocycles. The molecule has 7 heteroatoms. The summed E-state index contributed by atoms with van der Waals surface area (Å²) in [6, 6.07) is 10.5. The number of likely N-dealkylation sites (tertiary alicyclic amines) is 1. The van der Waals surface area contributed by atoms with Gasteiger partial charge < -0.3 is 14.7 Å². The average molecular weight is 397 g/mol. The largest absolute Gasteiger partial charge is 0.478 e. The van der Waals surface area contributed by atoms with E-state index < -0.39 is 12.1 Å². The third-order valence-electron chi connectivity index (χ3n) is 5.59. The van der Waals surface area contributed by atoms with Crippen molar-refractivity contribution in [1.29, 1.82) is 0 Å². The van der Waals surface area contributed by atoms with Gasteiger partial charge in [0.15, 0.2) is 0 Å². The number of carboxylic acids is 1. The second kappa shape index (κ2) is 9.05. The third kappa shape index (κ3) is 5.12. The van der Waals surface area contributed by atoms with Gasteiger partial charge in [-0.2, -0.15) is 0 Å². The minimum absolute atomic E-state index is 0.0508. The van der Waals surface area contributed by atoms with Crippen LogP contribution in [0.3, 0.4) is 0 Å². The van der Waals surface area contributed by atoms with Gasteiger partial charge in [0.2, 0.25) is 0 Å². The third-order valence-corrected chi connectivity index (χ3v) is 5.59. The molecule has 2 heterocycles. The van der Waals surface area contributed by atoms with Crippen LogP contribution in [0.25, 0.3) is 0 Å². The van der Waals surface area contributed by atoms with Crippen molar-refractivity contribution in [3.05, 3.63) is 53.7 Å². The summed E-state index contributed by atoms with van der Waals surface area (Å²) in [6.07, 6.45) is 5.04. The first kappa shape index (κ1) is 20.8. The van der Waals surface area contributed by atoms with Gasteiger partial charge in [-0.25, -0.2) is 14.6 Å². The molecule has 3 rings (SSSR count). The monoisotopic (exact) mass is 397 g/mol. The Balaban J connectivity index is 1.71. The minimum Gasteiger partial charge on any atom is -0.478 e. The zero-order chi connectivity index (χ0) is 20.9. The fourth-order valence-corrected chi connectivity index (χ4v) is 3.97. The van der Waals surface area contributed by atoms with E-state index in [0.717, 1.165) is 25.9 Å². The molecule has 1 unspecified atom stereocenters. The number of rotatable bonds is 5. The lowest BCUT2D eigenvalue weighted by atomic mass is 9.74. The van der Waals surface area contributed by atoms with E-state index in [4.69, 9.17) is 9.84 Å². The summed E-state index contributed by atoms with van der Waals surface area (Å²) in [5.74, 6) is -0.370. The Morgan fingerprint density at radius 2 is 2.10 bits per heavy atom. The maximum atomic E-state index is 12.2. The quantitative estimate of drug-likeness (QED) is 0.787. The molecule has 0 aliphatic carbocycles. The summed E-state index contributed by atoms with van der Waals surface area (Å²) in [5, 5.41) is 11.4. The predicted molar refractivity (Wildman–Crippen MR) is 111 cm³/mol. The van der Waals surface area contributed by atoms with Gasteiger partial charge in [0.1, 0.15) is 11.6 Å². The normalized spacial score (nSPS) is 19.9. The van der Waals surface area contributed by atoms with Gasteiger partial charge >= 0.3 is 12.1 Å². The number of aromatic carboxylic acids is 1. The number of pyridine rings is 1. The Morgan fingerprint density at radius 3 is 2.79 bits per heavy atom. The Labute approximate surface area is 170 Å². The van der Waals surface area contributed by atoms with Crippen molar-refractivity contribution in [3.8, 4) is 5.75 Å². The van der Waals surface area contributed by atoms with E-state index in [2.05, 4.69) is 35.2 Å². The highest BCUT2D eigenvalue weighted by Crippen LogP contribution is 2.37. The molecular formula is C22H27N3O4. The molecule has 1 aromatic carbocycles. The number of carboxylic acid groups (broad SMARTS) is 1. The van der Waals surface area contributed by atoms with Crippen LogP contribution in [0.1, 0.15) is 48.5 Å². The smallest absolute Gasteiger partial charge is 0.418 e. The highest BCUT2D eigenvalue weighted by Gasteiger charge is 2.33. The van der Waals surface area contributed by atoms with Gasteiger partial charge in [-0.05, 0) is 62.7 Å². The van der Waals surface area contributed by atoms with Crippen molar-refractivity contribution >= 4 is 17.9 Å². The van der Waals surface area contributed by atoms with Crippen molar-refractivity contribution < 1.29 is 19.4 Å². The van der Waals surface area contributed by atoms with E-state index in [1.165, 1.54) is 36.7 Å². The lowest BCUT2D eigenvalue weighted by Crippen LogP contribution is -2.37. The van der Waals surface area contributed by atoms with Gasteiger partial charge in [0, 0.05) is 18.2 Å². The molecule has 1 aliphatic rings. The number of nitrogens with one attached hydrogen (secondary N) is 1. The zero-order valence-electron chi connectivity index (χ0n) is 16.9. The molecule has 1 amide bonds. The first-order valence-electron chi connectivity index (χ1n) is 9.89. The first-order chi connectivity index (χ1) is 13.9. The summed E-state index contributed by atoms with van der Waals surface area (Å²) in [5.41, 5.74) is 1.29. The lowest BCUT2D eigenvalue weighted by Gasteiger charge is -2.35. The summed E-state index contributed by atoms with van der Waals surface area (Å²) in [4.78, 5) is 29.4. The summed E-state index contributed by atoms with van der Waals surface area (Å²) in [6.45, 7) is 4.30. The van der Waals surface area contributed by atoms with Crippen LogP contribution in [0.15, 0.2) is 42.6 Å². The number of nitrogens with zero attached hydrogens (tertiary/aromatic N) is 2. The number of hydrogen-bond donors (Lipinski definition) is 2. The van der Waals surface area contributed by atoms with E-state index in [-0.39, 0.29) is 16.8 Å². The molecule has 0 radical (unpaired) electrons. The number of anilines is 1. The van der Waals surface area contributed by atoms with Gasteiger partial charge in [-0.15, -0.1) is 0 Å². The molecule has 1 aromatic heterocycles. The minimum atomic E-state index is -1.07. The van der Waals surface area contributed by atoms with Gasteiger partial charge in [0.05, 0.1) is 5.56 Å². The summed E-state index contributed by atoms with van der Waals surface area (Å²) in [7, 11) is 2.16. The zero-order valence-corrected chi connectivity index (χ0v) is 16.9. The van der Waals surface area contributed by atoms with Crippen LogP contribution in [-0.2, 0) is 5.41 Å². The first-order valence-corrected chi connectivity index (χ1v) is 9.89. The van der Waals surface area contributed by atoms with Crippen molar-refractivity contribution in [2.75, 3.05) is 25.5 Å². The molecule has 0 saturated carbocycles. The molecule has 154 valence electrons. The number of carbonyl (C=O) groups is 2. The molecule has 1 fully saturated rings. The van der Waals surface area contributed by atoms with Crippen molar-refractivity contribution in [2.24, 2.45) is 0 Å². The average Bonchev–Trinajstić information content (AvgIpc) is 2.90. The van der Waals surface area contributed by atoms with Crippen LogP contribution in [0.5, 0.6) is 5.75 Å². The number of ether oxygens (including phenoxy) is 1. The molecule has 7 nitrogen and oxygen atoms in total. The predicted octanol–water partition coefficient (Wildman–Crippen LogP) is 4.15. The van der Waals surface area contributed by atoms with Crippen LogP contribution in [-0.4, -0.2) is 47.2 Å². The van der Waals surface area contributed by atoms with E-state index in [9.17, 15) is 9.59 Å². The van der Waals surface area contributed by atoms with Gasteiger partial charge in [-0.1, -0.05) is 25.5 Å². The molecule has 1 atom stereocenters. The highest BCUT2D eigenvalue weighted by atomic mass is 16.6. The number of aromatic nitrogens is 1. The number of carbonyl (C=O) groups excluding carboxylic acids is 1. The number of likely N-dealkylation sites (N-methyl/N-ethyl adjacent to an activating group) is 1. The molecular weight excluding hydrogens is 370 g/mol. The molecule has 2 N–H and O–H groups in total. The van der Waals surface area contributed by atoms with E-state index in [1.807, 2.05) is 12.1 Å². The van der Waals surface area contributed by atoms with Crippen LogP contribution in [0.4, 0.5) is 10.6 Å². The van der Waals surface area contributed by atoms with E-state index in [0.29, 0.717) is 5.75 Å². The maximum absolute atomic E-state index is 12.2.